The Morgan fingerprint density at radius 3 is 2.40 bits per heavy atom. The molecular formula is C27H23ClN2O5. The highest BCUT2D eigenvalue weighted by atomic mass is 35.5. The number of fused-ring (bicyclic) bond motifs is 3. The largest absolute Gasteiger partial charge is 0.493 e. The average molecular weight is 491 g/mol. The maximum atomic E-state index is 14.1. The predicted molar refractivity (Wildman–Crippen MR) is 134 cm³/mol. The molecule has 0 radical (unpaired) electrons. The Balaban J connectivity index is 1.72. The third-order valence-corrected chi connectivity index (χ3v) is 7.05. The van der Waals surface area contributed by atoms with Crippen molar-refractivity contribution in [1.82, 2.24) is 0 Å². The molecule has 7 nitrogen and oxygen atoms in total. The van der Waals surface area contributed by atoms with Gasteiger partial charge in [-0.3, -0.25) is 14.9 Å². The summed E-state index contributed by atoms with van der Waals surface area (Å²) in [6, 6.07) is 17.0. The van der Waals surface area contributed by atoms with Crippen molar-refractivity contribution in [2.75, 3.05) is 19.1 Å². The predicted octanol–water partition coefficient (Wildman–Crippen LogP) is 5.25. The van der Waals surface area contributed by atoms with Gasteiger partial charge in [0.05, 0.1) is 20.1 Å². The zero-order valence-corrected chi connectivity index (χ0v) is 19.9. The first kappa shape index (κ1) is 22.9. The molecule has 3 aromatic carbocycles. The lowest BCUT2D eigenvalue weighted by Crippen LogP contribution is -2.44. The van der Waals surface area contributed by atoms with Gasteiger partial charge in [-0.25, -0.2) is 0 Å². The van der Waals surface area contributed by atoms with Crippen molar-refractivity contribution in [3.05, 3.63) is 105 Å². The molecule has 0 N–H and O–H groups in total. The molecule has 0 saturated carbocycles. The zero-order valence-electron chi connectivity index (χ0n) is 19.1. The Hall–Kier alpha value is -3.84. The van der Waals surface area contributed by atoms with Crippen molar-refractivity contribution >= 4 is 29.1 Å². The summed E-state index contributed by atoms with van der Waals surface area (Å²) in [7, 11) is 3.04. The number of halogens is 1. The van der Waals surface area contributed by atoms with Crippen LogP contribution >= 0.6 is 11.6 Å². The van der Waals surface area contributed by atoms with Gasteiger partial charge in [0.1, 0.15) is 12.1 Å². The van der Waals surface area contributed by atoms with Gasteiger partial charge < -0.3 is 14.4 Å². The van der Waals surface area contributed by atoms with Crippen LogP contribution in [-0.4, -0.2) is 43.1 Å². The monoisotopic (exact) mass is 490 g/mol. The van der Waals surface area contributed by atoms with Crippen LogP contribution in [0.1, 0.15) is 27.4 Å². The maximum absolute atomic E-state index is 14.1. The summed E-state index contributed by atoms with van der Waals surface area (Å²) in [5.74, 6) is 0.00995. The molecule has 0 aliphatic carbocycles. The zero-order chi connectivity index (χ0) is 24.7. The Bertz CT molecular complexity index is 1320. The number of para-hydroxylation sites is 1. The molecule has 0 bridgehead atoms. The third-order valence-electron chi connectivity index (χ3n) is 6.80. The molecule has 3 aromatic rings. The molecule has 1 fully saturated rings. The molecule has 2 aliphatic rings. The van der Waals surface area contributed by atoms with E-state index in [-0.39, 0.29) is 10.7 Å². The lowest BCUT2D eigenvalue weighted by molar-refractivity contribution is -0.524. The van der Waals surface area contributed by atoms with Crippen LogP contribution in [-0.2, 0) is 0 Å². The number of hydrogen-bond acceptors (Lipinski definition) is 6. The van der Waals surface area contributed by atoms with Crippen molar-refractivity contribution < 1.29 is 19.2 Å². The van der Waals surface area contributed by atoms with Crippen molar-refractivity contribution in [3.8, 4) is 11.5 Å². The van der Waals surface area contributed by atoms with Gasteiger partial charge in [-0.15, -0.1) is 0 Å². The highest BCUT2D eigenvalue weighted by Crippen LogP contribution is 2.48. The summed E-state index contributed by atoms with van der Waals surface area (Å²) in [5.41, 5.74) is 2.78. The van der Waals surface area contributed by atoms with Crippen LogP contribution in [0.3, 0.4) is 0 Å². The number of carbonyl (C=O) groups is 1. The van der Waals surface area contributed by atoms with Gasteiger partial charge in [-0.2, -0.15) is 0 Å². The SMILES string of the molecule is COc1ccc([C@@H]2[C@@H]([N+](=O)[O-])[C@@H]3C=Cc4ccccc4N3[C@@H]2C(=O)c2ccc(Cl)cc2)cc1OC. The molecular weight excluding hydrogens is 468 g/mol. The van der Waals surface area contributed by atoms with Gasteiger partial charge in [0, 0.05) is 21.2 Å². The Kier molecular flexibility index (Phi) is 5.94. The first-order chi connectivity index (χ1) is 16.9. The van der Waals surface area contributed by atoms with Crippen LogP contribution in [0, 0.1) is 10.1 Å². The molecule has 35 heavy (non-hydrogen) atoms. The minimum Gasteiger partial charge on any atom is -0.493 e. The second kappa shape index (κ2) is 9.07. The fraction of sp³-hybridized carbons (Fsp3) is 0.222. The number of ketones is 1. The standard InChI is InChI=1S/C27H23ClN2O5/c1-34-22-14-10-18(15-23(22)35-2)24-25(30(32)33)21-13-9-16-5-3-4-6-20(16)29(21)26(24)27(31)17-7-11-19(28)12-8-17/h3-15,21,24-26H,1-2H3/t21-,24+,25-,26-/m0/s1. The third kappa shape index (κ3) is 3.82. The number of hydrogen-bond donors (Lipinski definition) is 0. The molecule has 4 atom stereocenters. The summed E-state index contributed by atoms with van der Waals surface area (Å²) in [4.78, 5) is 28.2. The normalized spacial score (nSPS) is 22.3. The molecule has 2 heterocycles. The lowest BCUT2D eigenvalue weighted by Gasteiger charge is -2.34. The van der Waals surface area contributed by atoms with E-state index >= 15 is 0 Å². The van der Waals surface area contributed by atoms with Gasteiger partial charge in [-0.05, 0) is 53.6 Å². The van der Waals surface area contributed by atoms with Crippen LogP contribution in [0.25, 0.3) is 6.08 Å². The van der Waals surface area contributed by atoms with Crippen LogP contribution in [0.5, 0.6) is 11.5 Å². The van der Waals surface area contributed by atoms with E-state index in [1.807, 2.05) is 41.3 Å². The fourth-order valence-electron chi connectivity index (χ4n) is 5.27. The number of benzene rings is 3. The first-order valence-corrected chi connectivity index (χ1v) is 11.5. The van der Waals surface area contributed by atoms with Gasteiger partial charge in [0.15, 0.2) is 17.3 Å². The topological polar surface area (TPSA) is 81.9 Å². The minimum atomic E-state index is -1.06. The molecule has 0 unspecified atom stereocenters. The van der Waals surface area contributed by atoms with Crippen molar-refractivity contribution in [2.45, 2.75) is 24.0 Å². The number of nitrogens with zero attached hydrogens (tertiary/aromatic N) is 2. The molecule has 0 amide bonds. The van der Waals surface area contributed by atoms with E-state index in [1.165, 1.54) is 14.2 Å². The van der Waals surface area contributed by atoms with E-state index in [0.717, 1.165) is 11.3 Å². The van der Waals surface area contributed by atoms with Crippen LogP contribution in [0.2, 0.25) is 5.02 Å². The summed E-state index contributed by atoms with van der Waals surface area (Å²) < 4.78 is 10.8. The van der Waals surface area contributed by atoms with E-state index in [1.54, 1.807) is 42.5 Å². The number of anilines is 1. The number of nitro groups is 1. The van der Waals surface area contributed by atoms with Crippen LogP contribution in [0.4, 0.5) is 5.69 Å². The Morgan fingerprint density at radius 1 is 1.00 bits per heavy atom. The summed E-state index contributed by atoms with van der Waals surface area (Å²) >= 11 is 6.06. The lowest BCUT2D eigenvalue weighted by atomic mass is 9.83. The van der Waals surface area contributed by atoms with E-state index < -0.39 is 24.0 Å². The van der Waals surface area contributed by atoms with Gasteiger partial charge >= 0.3 is 0 Å². The smallest absolute Gasteiger partial charge is 0.245 e. The van der Waals surface area contributed by atoms with Gasteiger partial charge in [0.25, 0.3) is 0 Å². The number of ether oxygens (including phenoxy) is 2. The minimum absolute atomic E-state index is 0.207. The van der Waals surface area contributed by atoms with Gasteiger partial charge in [-0.1, -0.05) is 48.0 Å². The quantitative estimate of drug-likeness (QED) is 0.266. The van der Waals surface area contributed by atoms with E-state index in [4.69, 9.17) is 21.1 Å². The second-order valence-electron chi connectivity index (χ2n) is 8.55. The highest BCUT2D eigenvalue weighted by molar-refractivity contribution is 6.30. The Labute approximate surface area is 207 Å². The van der Waals surface area contributed by atoms with Gasteiger partial charge in [0.2, 0.25) is 6.04 Å². The molecule has 1 saturated heterocycles. The first-order valence-electron chi connectivity index (χ1n) is 11.2. The summed E-state index contributed by atoms with van der Waals surface area (Å²) in [6.45, 7) is 0. The van der Waals surface area contributed by atoms with Crippen LogP contribution in [0.15, 0.2) is 72.8 Å². The van der Waals surface area contributed by atoms with Crippen molar-refractivity contribution in [1.29, 1.82) is 0 Å². The van der Waals surface area contributed by atoms with E-state index in [2.05, 4.69) is 0 Å². The van der Waals surface area contributed by atoms with E-state index in [0.29, 0.717) is 27.6 Å². The number of Topliss-reactive ketones (excluding diaryl/α,β-unsaturated/α-hetero) is 1. The average Bonchev–Trinajstić information content (AvgIpc) is 3.24. The summed E-state index contributed by atoms with van der Waals surface area (Å²) in [5, 5.41) is 13.1. The number of rotatable bonds is 6. The molecule has 178 valence electrons. The number of methoxy groups -OCH3 is 2. The molecule has 8 heteroatoms. The Morgan fingerprint density at radius 2 is 1.71 bits per heavy atom. The summed E-state index contributed by atoms with van der Waals surface area (Å²) in [6.07, 6.45) is 3.73. The molecule has 5 rings (SSSR count). The van der Waals surface area contributed by atoms with Crippen LogP contribution < -0.4 is 14.4 Å². The molecule has 0 spiro atoms. The van der Waals surface area contributed by atoms with E-state index in [9.17, 15) is 14.9 Å². The van der Waals surface area contributed by atoms with Crippen molar-refractivity contribution in [3.63, 3.8) is 0 Å². The second-order valence-corrected chi connectivity index (χ2v) is 8.98. The highest BCUT2D eigenvalue weighted by Gasteiger charge is 2.59. The van der Waals surface area contributed by atoms with Crippen molar-refractivity contribution in [2.24, 2.45) is 0 Å². The number of carbonyl (C=O) groups excluding carboxylic acids is 1. The molecule has 0 aromatic heterocycles. The molecule has 2 aliphatic heterocycles. The fourth-order valence-corrected chi connectivity index (χ4v) is 5.40. The maximum Gasteiger partial charge on any atom is 0.245 e.